The second-order valence-electron chi connectivity index (χ2n) is 7.03. The number of nitrogens with one attached hydrogen (secondary N) is 1. The number of hydrogen-bond acceptors (Lipinski definition) is 6. The lowest BCUT2D eigenvalue weighted by atomic mass is 10.0. The molecule has 0 saturated carbocycles. The molecular formula is C19H26N4O2. The van der Waals surface area contributed by atoms with Gasteiger partial charge in [-0.15, -0.1) is 0 Å². The molecule has 2 saturated heterocycles. The Balaban J connectivity index is 1.25. The average Bonchev–Trinajstić information content (AvgIpc) is 3.32. The van der Waals surface area contributed by atoms with Gasteiger partial charge in [-0.2, -0.15) is 4.98 Å². The van der Waals surface area contributed by atoms with Gasteiger partial charge in [0, 0.05) is 31.4 Å². The molecule has 0 bridgehead atoms. The van der Waals surface area contributed by atoms with Crippen LogP contribution in [0.3, 0.4) is 0 Å². The molecule has 2 aliphatic heterocycles. The molecule has 0 spiro atoms. The van der Waals surface area contributed by atoms with E-state index in [1.54, 1.807) is 0 Å². The third kappa shape index (κ3) is 4.02. The SMILES string of the molecule is Cc1cccc(N2CCC(NCc3noc(C4CCCO4)n3)CC2)c1. The topological polar surface area (TPSA) is 63.4 Å². The first-order valence-corrected chi connectivity index (χ1v) is 9.27. The highest BCUT2D eigenvalue weighted by atomic mass is 16.5. The predicted molar refractivity (Wildman–Crippen MR) is 95.5 cm³/mol. The molecule has 134 valence electrons. The molecule has 1 aromatic carbocycles. The summed E-state index contributed by atoms with van der Waals surface area (Å²) in [5.74, 6) is 1.36. The number of aryl methyl sites for hydroxylation is 1. The molecule has 0 radical (unpaired) electrons. The minimum Gasteiger partial charge on any atom is -0.371 e. The highest BCUT2D eigenvalue weighted by molar-refractivity contribution is 5.48. The maximum atomic E-state index is 5.59. The van der Waals surface area contributed by atoms with Crippen molar-refractivity contribution in [3.8, 4) is 0 Å². The molecule has 4 rings (SSSR count). The summed E-state index contributed by atoms with van der Waals surface area (Å²) in [5, 5.41) is 7.65. The molecule has 6 heteroatoms. The van der Waals surface area contributed by atoms with Crippen LogP contribution in [0.5, 0.6) is 0 Å². The van der Waals surface area contributed by atoms with E-state index < -0.39 is 0 Å². The molecule has 1 atom stereocenters. The van der Waals surface area contributed by atoms with E-state index in [0.29, 0.717) is 18.5 Å². The highest BCUT2D eigenvalue weighted by Gasteiger charge is 2.24. The van der Waals surface area contributed by atoms with Gasteiger partial charge in [-0.3, -0.25) is 0 Å². The van der Waals surface area contributed by atoms with Gasteiger partial charge in [-0.1, -0.05) is 17.3 Å². The number of nitrogens with zero attached hydrogens (tertiary/aromatic N) is 3. The molecule has 1 N–H and O–H groups in total. The summed E-state index contributed by atoms with van der Waals surface area (Å²) in [6, 6.07) is 9.25. The van der Waals surface area contributed by atoms with Gasteiger partial charge in [-0.25, -0.2) is 0 Å². The molecule has 25 heavy (non-hydrogen) atoms. The van der Waals surface area contributed by atoms with Crippen molar-refractivity contribution >= 4 is 5.69 Å². The van der Waals surface area contributed by atoms with Crippen molar-refractivity contribution in [3.63, 3.8) is 0 Å². The Morgan fingerprint density at radius 1 is 1.24 bits per heavy atom. The zero-order valence-electron chi connectivity index (χ0n) is 14.8. The number of hydrogen-bond donors (Lipinski definition) is 1. The molecule has 2 aromatic rings. The van der Waals surface area contributed by atoms with Gasteiger partial charge in [0.05, 0.1) is 6.54 Å². The standard InChI is InChI=1S/C19H26N4O2/c1-14-4-2-5-16(12-14)23-9-7-15(8-10-23)20-13-18-21-19(25-22-18)17-6-3-11-24-17/h2,4-5,12,15,17,20H,3,6-11,13H2,1H3. The largest absolute Gasteiger partial charge is 0.371 e. The van der Waals surface area contributed by atoms with Crippen LogP contribution in [0.2, 0.25) is 0 Å². The molecule has 1 aromatic heterocycles. The quantitative estimate of drug-likeness (QED) is 0.901. The molecule has 0 aliphatic carbocycles. The number of benzene rings is 1. The third-order valence-electron chi connectivity index (χ3n) is 5.10. The first kappa shape index (κ1) is 16.5. The van der Waals surface area contributed by atoms with Gasteiger partial charge < -0.3 is 19.5 Å². The summed E-state index contributed by atoms with van der Waals surface area (Å²) in [5.41, 5.74) is 2.65. The Hall–Kier alpha value is -1.92. The van der Waals surface area contributed by atoms with Crippen LogP contribution in [0.1, 0.15) is 49.1 Å². The number of aromatic nitrogens is 2. The lowest BCUT2D eigenvalue weighted by Crippen LogP contribution is -2.42. The summed E-state index contributed by atoms with van der Waals surface area (Å²) in [4.78, 5) is 6.94. The number of anilines is 1. The van der Waals surface area contributed by atoms with Crippen LogP contribution in [0.4, 0.5) is 5.69 Å². The van der Waals surface area contributed by atoms with Crippen molar-refractivity contribution < 1.29 is 9.26 Å². The van der Waals surface area contributed by atoms with Crippen molar-refractivity contribution in [3.05, 3.63) is 41.5 Å². The minimum absolute atomic E-state index is 0.00109. The Morgan fingerprint density at radius 3 is 2.88 bits per heavy atom. The van der Waals surface area contributed by atoms with E-state index in [1.165, 1.54) is 11.3 Å². The molecule has 0 amide bonds. The van der Waals surface area contributed by atoms with Crippen molar-refractivity contribution in [1.82, 2.24) is 15.5 Å². The normalized spacial score (nSPS) is 21.8. The summed E-state index contributed by atoms with van der Waals surface area (Å²) >= 11 is 0. The second kappa shape index (κ2) is 7.54. The summed E-state index contributed by atoms with van der Waals surface area (Å²) in [6.45, 7) is 5.75. The fraction of sp³-hybridized carbons (Fsp3) is 0.579. The molecule has 6 nitrogen and oxygen atoms in total. The van der Waals surface area contributed by atoms with Crippen molar-refractivity contribution in [2.24, 2.45) is 0 Å². The van der Waals surface area contributed by atoms with Crippen LogP contribution < -0.4 is 10.2 Å². The first-order chi connectivity index (χ1) is 12.3. The first-order valence-electron chi connectivity index (χ1n) is 9.27. The lowest BCUT2D eigenvalue weighted by molar-refractivity contribution is 0.0835. The maximum absolute atomic E-state index is 5.59. The summed E-state index contributed by atoms with van der Waals surface area (Å²) in [7, 11) is 0. The van der Waals surface area contributed by atoms with Crippen LogP contribution in [-0.2, 0) is 11.3 Å². The van der Waals surface area contributed by atoms with E-state index in [-0.39, 0.29) is 6.10 Å². The Kier molecular flexibility index (Phi) is 4.99. The van der Waals surface area contributed by atoms with E-state index in [9.17, 15) is 0 Å². The molecule has 1 unspecified atom stereocenters. The zero-order valence-corrected chi connectivity index (χ0v) is 14.8. The monoisotopic (exact) mass is 342 g/mol. The van der Waals surface area contributed by atoms with Crippen LogP contribution in [-0.4, -0.2) is 35.9 Å². The zero-order chi connectivity index (χ0) is 17.1. The van der Waals surface area contributed by atoms with Gasteiger partial charge in [-0.05, 0) is 50.3 Å². The molecule has 3 heterocycles. The molecule has 2 fully saturated rings. The highest BCUT2D eigenvalue weighted by Crippen LogP contribution is 2.27. The fourth-order valence-electron chi connectivity index (χ4n) is 3.64. The van der Waals surface area contributed by atoms with Crippen molar-refractivity contribution in [2.75, 3.05) is 24.6 Å². The van der Waals surface area contributed by atoms with Crippen molar-refractivity contribution in [2.45, 2.75) is 51.3 Å². The van der Waals surface area contributed by atoms with E-state index in [2.05, 4.69) is 51.5 Å². The number of ether oxygens (including phenoxy) is 1. The van der Waals surface area contributed by atoms with Gasteiger partial charge in [0.2, 0.25) is 0 Å². The maximum Gasteiger partial charge on any atom is 0.255 e. The summed E-state index contributed by atoms with van der Waals surface area (Å²) in [6.07, 6.45) is 4.31. The molecular weight excluding hydrogens is 316 g/mol. The predicted octanol–water partition coefficient (Wildman–Crippen LogP) is 2.99. The van der Waals surface area contributed by atoms with Gasteiger partial charge in [0.25, 0.3) is 5.89 Å². The van der Waals surface area contributed by atoms with Crippen molar-refractivity contribution in [1.29, 1.82) is 0 Å². The second-order valence-corrected chi connectivity index (χ2v) is 7.03. The smallest absolute Gasteiger partial charge is 0.255 e. The molecule has 2 aliphatic rings. The third-order valence-corrected chi connectivity index (χ3v) is 5.10. The van der Waals surface area contributed by atoms with E-state index in [4.69, 9.17) is 9.26 Å². The number of rotatable bonds is 5. The van der Waals surface area contributed by atoms with Crippen LogP contribution in [0.15, 0.2) is 28.8 Å². The van der Waals surface area contributed by atoms with Crippen LogP contribution >= 0.6 is 0 Å². The van der Waals surface area contributed by atoms with Gasteiger partial charge >= 0.3 is 0 Å². The van der Waals surface area contributed by atoms with E-state index in [1.807, 2.05) is 0 Å². The Morgan fingerprint density at radius 2 is 2.12 bits per heavy atom. The van der Waals surface area contributed by atoms with Gasteiger partial charge in [0.15, 0.2) is 5.82 Å². The Labute approximate surface area is 148 Å². The van der Waals surface area contributed by atoms with Crippen LogP contribution in [0.25, 0.3) is 0 Å². The van der Waals surface area contributed by atoms with Crippen LogP contribution in [0, 0.1) is 6.92 Å². The van der Waals surface area contributed by atoms with Gasteiger partial charge in [0.1, 0.15) is 6.10 Å². The minimum atomic E-state index is -0.00109. The summed E-state index contributed by atoms with van der Waals surface area (Å²) < 4.78 is 10.9. The van der Waals surface area contributed by atoms with E-state index in [0.717, 1.165) is 51.2 Å². The Bertz CT molecular complexity index is 688. The lowest BCUT2D eigenvalue weighted by Gasteiger charge is -2.34. The fourth-order valence-corrected chi connectivity index (χ4v) is 3.64. The average molecular weight is 342 g/mol. The van der Waals surface area contributed by atoms with E-state index >= 15 is 0 Å². The number of piperidine rings is 1.